The van der Waals surface area contributed by atoms with Gasteiger partial charge in [-0.15, -0.1) is 0 Å². The third-order valence-electron chi connectivity index (χ3n) is 6.29. The van der Waals surface area contributed by atoms with Gasteiger partial charge in [0.15, 0.2) is 5.82 Å². The fourth-order valence-electron chi connectivity index (χ4n) is 4.56. The zero-order chi connectivity index (χ0) is 24.8. The number of imidazole rings is 1. The molecule has 0 amide bonds. The number of fused-ring (bicyclic) bond motifs is 2. The summed E-state index contributed by atoms with van der Waals surface area (Å²) in [5.74, 6) is 0.378. The van der Waals surface area contributed by atoms with E-state index in [4.69, 9.17) is 4.74 Å². The average molecular weight is 490 g/mol. The zero-order valence-corrected chi connectivity index (χ0v) is 19.7. The van der Waals surface area contributed by atoms with E-state index in [9.17, 15) is 4.79 Å². The second kappa shape index (κ2) is 8.72. The normalized spacial score (nSPS) is 15.0. The zero-order valence-electron chi connectivity index (χ0n) is 19.7. The number of halogens is 1. The SMILES string of the molecule is C[C@H](Nc1c(-c2nc3ccc(N4CCOCC4)c(F)c3[nH]2)c(=O)[nH]c2cn(C)nc12)c1ncccn1. The number of nitrogens with one attached hydrogen (secondary N) is 3. The van der Waals surface area contributed by atoms with Crippen molar-refractivity contribution in [3.8, 4) is 11.4 Å². The van der Waals surface area contributed by atoms with Crippen LogP contribution >= 0.6 is 0 Å². The van der Waals surface area contributed by atoms with Crippen LogP contribution in [0.5, 0.6) is 0 Å². The number of hydrogen-bond acceptors (Lipinski definition) is 8. The van der Waals surface area contributed by atoms with Crippen LogP contribution < -0.4 is 15.8 Å². The van der Waals surface area contributed by atoms with Crippen molar-refractivity contribution < 1.29 is 9.13 Å². The molecular weight excluding hydrogens is 465 g/mol. The monoisotopic (exact) mass is 489 g/mol. The summed E-state index contributed by atoms with van der Waals surface area (Å²) >= 11 is 0. The lowest BCUT2D eigenvalue weighted by atomic mass is 10.1. The number of aromatic amines is 2. The number of aromatic nitrogens is 7. The molecule has 1 aliphatic heterocycles. The lowest BCUT2D eigenvalue weighted by Crippen LogP contribution is -2.36. The van der Waals surface area contributed by atoms with E-state index < -0.39 is 5.82 Å². The Morgan fingerprint density at radius 3 is 2.72 bits per heavy atom. The number of benzene rings is 1. The smallest absolute Gasteiger partial charge is 0.261 e. The maximum Gasteiger partial charge on any atom is 0.261 e. The molecular formula is C24H24FN9O2. The Kier molecular flexibility index (Phi) is 5.37. The van der Waals surface area contributed by atoms with Crippen molar-refractivity contribution in [2.75, 3.05) is 36.5 Å². The highest BCUT2D eigenvalue weighted by Crippen LogP contribution is 2.34. The minimum Gasteiger partial charge on any atom is -0.378 e. The highest BCUT2D eigenvalue weighted by atomic mass is 19.1. The van der Waals surface area contributed by atoms with E-state index in [0.717, 1.165) is 0 Å². The summed E-state index contributed by atoms with van der Waals surface area (Å²) in [6.07, 6.45) is 5.04. The first kappa shape index (κ1) is 22.2. The van der Waals surface area contributed by atoms with Gasteiger partial charge in [-0.25, -0.2) is 19.3 Å². The van der Waals surface area contributed by atoms with Crippen LogP contribution in [0.15, 0.2) is 41.6 Å². The lowest BCUT2D eigenvalue weighted by molar-refractivity contribution is 0.122. The van der Waals surface area contributed by atoms with Crippen LogP contribution in [0, 0.1) is 5.82 Å². The van der Waals surface area contributed by atoms with Gasteiger partial charge in [0.05, 0.1) is 41.7 Å². The quantitative estimate of drug-likeness (QED) is 0.344. The van der Waals surface area contributed by atoms with Gasteiger partial charge in [0.25, 0.3) is 5.56 Å². The molecule has 0 aliphatic carbocycles. The summed E-state index contributed by atoms with van der Waals surface area (Å²) in [6, 6.07) is 4.86. The number of anilines is 2. The summed E-state index contributed by atoms with van der Waals surface area (Å²) in [7, 11) is 1.77. The Hall–Kier alpha value is -4.32. The van der Waals surface area contributed by atoms with Crippen molar-refractivity contribution in [2.45, 2.75) is 13.0 Å². The number of hydrogen-bond donors (Lipinski definition) is 3. The fraction of sp³-hybridized carbons (Fsp3) is 0.292. The maximum atomic E-state index is 15.6. The number of pyridine rings is 1. The molecule has 12 heteroatoms. The molecule has 1 aliphatic rings. The Morgan fingerprint density at radius 2 is 1.94 bits per heavy atom. The number of nitrogens with zero attached hydrogens (tertiary/aromatic N) is 6. The summed E-state index contributed by atoms with van der Waals surface area (Å²) in [6.45, 7) is 4.19. The molecule has 3 N–H and O–H groups in total. The highest BCUT2D eigenvalue weighted by molar-refractivity contribution is 5.97. The second-order valence-electron chi connectivity index (χ2n) is 8.72. The summed E-state index contributed by atoms with van der Waals surface area (Å²) in [5, 5.41) is 7.89. The molecule has 36 heavy (non-hydrogen) atoms. The van der Waals surface area contributed by atoms with Crippen molar-refractivity contribution in [3.05, 3.63) is 58.8 Å². The van der Waals surface area contributed by atoms with E-state index in [1.807, 2.05) is 11.8 Å². The van der Waals surface area contributed by atoms with Crippen LogP contribution in [-0.2, 0) is 11.8 Å². The lowest BCUT2D eigenvalue weighted by Gasteiger charge is -2.29. The van der Waals surface area contributed by atoms with E-state index in [1.165, 1.54) is 0 Å². The molecule has 1 saturated heterocycles. The molecule has 1 atom stereocenters. The molecule has 184 valence electrons. The summed E-state index contributed by atoms with van der Waals surface area (Å²) < 4.78 is 22.6. The number of aryl methyl sites for hydroxylation is 1. The van der Waals surface area contributed by atoms with E-state index in [2.05, 4.69) is 35.3 Å². The summed E-state index contributed by atoms with van der Waals surface area (Å²) in [4.78, 5) is 34.4. The summed E-state index contributed by atoms with van der Waals surface area (Å²) in [5.41, 5.74) is 2.55. The minimum atomic E-state index is -0.413. The Bertz CT molecular complexity index is 1620. The number of H-pyrrole nitrogens is 2. The van der Waals surface area contributed by atoms with E-state index >= 15 is 4.39 Å². The predicted octanol–water partition coefficient (Wildman–Crippen LogP) is 2.74. The van der Waals surface area contributed by atoms with Crippen LogP contribution in [0.25, 0.3) is 33.5 Å². The van der Waals surface area contributed by atoms with Crippen LogP contribution in [0.2, 0.25) is 0 Å². The third kappa shape index (κ3) is 3.75. The van der Waals surface area contributed by atoms with E-state index in [-0.39, 0.29) is 28.5 Å². The van der Waals surface area contributed by atoms with E-state index in [1.54, 1.807) is 48.5 Å². The molecule has 1 fully saturated rings. The fourth-order valence-corrected chi connectivity index (χ4v) is 4.56. The van der Waals surface area contributed by atoms with Gasteiger partial charge >= 0.3 is 0 Å². The molecule has 5 aromatic rings. The van der Waals surface area contributed by atoms with Crippen LogP contribution in [0.4, 0.5) is 15.8 Å². The first-order valence-corrected chi connectivity index (χ1v) is 11.6. The van der Waals surface area contributed by atoms with Crippen molar-refractivity contribution in [1.29, 1.82) is 0 Å². The first-order chi connectivity index (χ1) is 17.5. The van der Waals surface area contributed by atoms with Crippen LogP contribution in [0.3, 0.4) is 0 Å². The average Bonchev–Trinajstić information content (AvgIpc) is 3.48. The van der Waals surface area contributed by atoms with Crippen LogP contribution in [-0.4, -0.2) is 61.0 Å². The highest BCUT2D eigenvalue weighted by Gasteiger charge is 2.24. The van der Waals surface area contributed by atoms with Crippen LogP contribution in [0.1, 0.15) is 18.8 Å². The Morgan fingerprint density at radius 1 is 1.17 bits per heavy atom. The topological polar surface area (TPSA) is 130 Å². The number of rotatable bonds is 5. The van der Waals surface area contributed by atoms with Gasteiger partial charge in [-0.2, -0.15) is 5.10 Å². The molecule has 6 rings (SSSR count). The Labute approximate surface area is 204 Å². The van der Waals surface area contributed by atoms with Gasteiger partial charge in [-0.3, -0.25) is 9.48 Å². The molecule has 0 bridgehead atoms. The van der Waals surface area contributed by atoms with Gasteiger partial charge in [-0.1, -0.05) is 0 Å². The number of ether oxygens (including phenoxy) is 1. The van der Waals surface area contributed by atoms with Crippen molar-refractivity contribution >= 4 is 33.4 Å². The second-order valence-corrected chi connectivity index (χ2v) is 8.72. The van der Waals surface area contributed by atoms with Gasteiger partial charge < -0.3 is 24.9 Å². The molecule has 4 aromatic heterocycles. The molecule has 0 spiro atoms. The third-order valence-corrected chi connectivity index (χ3v) is 6.29. The molecule has 5 heterocycles. The van der Waals surface area contributed by atoms with Gasteiger partial charge in [0, 0.05) is 38.7 Å². The standard InChI is InChI=1S/C24H24FN9O2/c1-13(22-26-6-3-7-27-22)28-21-17(24(35)30-15-12-33(2)32-20(15)21)23-29-14-4-5-16(18(25)19(14)31-23)34-8-10-36-11-9-34/h3-7,12-13,28H,8-11H2,1-2H3,(H,29,31)(H,30,35)/t13-/m0/s1. The van der Waals surface area contributed by atoms with Crippen molar-refractivity contribution in [1.82, 2.24) is 34.7 Å². The predicted molar refractivity (Wildman–Crippen MR) is 133 cm³/mol. The van der Waals surface area contributed by atoms with Crippen molar-refractivity contribution in [3.63, 3.8) is 0 Å². The minimum absolute atomic E-state index is 0.229. The van der Waals surface area contributed by atoms with Crippen molar-refractivity contribution in [2.24, 2.45) is 7.05 Å². The molecule has 0 unspecified atom stereocenters. The first-order valence-electron chi connectivity index (χ1n) is 11.6. The van der Waals surface area contributed by atoms with E-state index in [0.29, 0.717) is 60.1 Å². The molecule has 1 aromatic carbocycles. The van der Waals surface area contributed by atoms with Gasteiger partial charge in [-0.05, 0) is 25.1 Å². The molecule has 0 radical (unpaired) electrons. The number of morpholine rings is 1. The largest absolute Gasteiger partial charge is 0.378 e. The molecule has 0 saturated carbocycles. The van der Waals surface area contributed by atoms with Gasteiger partial charge in [0.1, 0.15) is 28.2 Å². The maximum absolute atomic E-state index is 15.6. The van der Waals surface area contributed by atoms with Gasteiger partial charge in [0.2, 0.25) is 0 Å². The molecule has 11 nitrogen and oxygen atoms in total. The Balaban J connectivity index is 1.50.